The molecule has 2 amide bonds. The summed E-state index contributed by atoms with van der Waals surface area (Å²) in [6.45, 7) is 4.34. The van der Waals surface area contributed by atoms with Crippen molar-refractivity contribution in [1.82, 2.24) is 9.80 Å². The van der Waals surface area contributed by atoms with Crippen molar-refractivity contribution in [3.05, 3.63) is 89.0 Å². The van der Waals surface area contributed by atoms with Gasteiger partial charge in [-0.05, 0) is 35.9 Å². The number of benzene rings is 3. The van der Waals surface area contributed by atoms with Gasteiger partial charge in [0.05, 0.1) is 37.6 Å². The first kappa shape index (κ1) is 22.9. The summed E-state index contributed by atoms with van der Waals surface area (Å²) in [5.74, 6) is 1.17. The average Bonchev–Trinajstić information content (AvgIpc) is 3.15. The molecule has 2 aliphatic rings. The normalized spacial score (nSPS) is 15.9. The lowest BCUT2D eigenvalue weighted by molar-refractivity contribution is 0.0642. The van der Waals surface area contributed by atoms with Gasteiger partial charge in [0.25, 0.3) is 11.8 Å². The largest absolute Gasteiger partial charge is 0.497 e. The highest BCUT2D eigenvalue weighted by Crippen LogP contribution is 2.33. The van der Waals surface area contributed by atoms with E-state index in [0.29, 0.717) is 11.1 Å². The second kappa shape index (κ2) is 9.80. The van der Waals surface area contributed by atoms with E-state index < -0.39 is 0 Å². The van der Waals surface area contributed by atoms with Gasteiger partial charge in [-0.3, -0.25) is 19.4 Å². The molecule has 7 nitrogen and oxygen atoms in total. The van der Waals surface area contributed by atoms with Crippen LogP contribution in [-0.2, 0) is 13.1 Å². The number of ether oxygens (including phenoxy) is 2. The number of anilines is 1. The molecule has 0 aliphatic carbocycles. The monoisotopic (exact) mass is 471 g/mol. The van der Waals surface area contributed by atoms with Crippen molar-refractivity contribution in [3.63, 3.8) is 0 Å². The summed E-state index contributed by atoms with van der Waals surface area (Å²) in [5.41, 5.74) is 3.89. The molecular formula is C28H29N3O4. The zero-order valence-electron chi connectivity index (χ0n) is 20.1. The highest BCUT2D eigenvalue weighted by Gasteiger charge is 2.38. The van der Waals surface area contributed by atoms with Crippen LogP contribution in [-0.4, -0.2) is 62.0 Å². The van der Waals surface area contributed by atoms with Gasteiger partial charge in [-0.25, -0.2) is 0 Å². The van der Waals surface area contributed by atoms with E-state index in [1.807, 2.05) is 54.6 Å². The van der Waals surface area contributed by atoms with Crippen LogP contribution in [0.25, 0.3) is 0 Å². The first-order valence-corrected chi connectivity index (χ1v) is 11.8. The number of methoxy groups -OCH3 is 2. The molecule has 1 saturated heterocycles. The first-order valence-electron chi connectivity index (χ1n) is 11.8. The molecule has 2 aliphatic heterocycles. The van der Waals surface area contributed by atoms with Crippen LogP contribution in [0.3, 0.4) is 0 Å². The number of rotatable bonds is 7. The lowest BCUT2D eigenvalue weighted by Gasteiger charge is -2.36. The third-order valence-electron chi connectivity index (χ3n) is 6.78. The molecule has 5 rings (SSSR count). The van der Waals surface area contributed by atoms with Gasteiger partial charge in [-0.2, -0.15) is 0 Å². The van der Waals surface area contributed by atoms with Crippen molar-refractivity contribution >= 4 is 17.5 Å². The summed E-state index contributed by atoms with van der Waals surface area (Å²) in [6, 6.07) is 21.1. The number of hydrogen-bond donors (Lipinski definition) is 0. The number of carbonyl (C=O) groups is 2. The van der Waals surface area contributed by atoms with Crippen LogP contribution in [0.4, 0.5) is 5.69 Å². The number of carbonyl (C=O) groups excluding carboxylic acids is 2. The third-order valence-corrected chi connectivity index (χ3v) is 6.78. The number of hydrogen-bond acceptors (Lipinski definition) is 6. The predicted molar refractivity (Wildman–Crippen MR) is 134 cm³/mol. The van der Waals surface area contributed by atoms with Crippen LogP contribution in [0.2, 0.25) is 0 Å². The van der Waals surface area contributed by atoms with Crippen LogP contribution < -0.4 is 14.4 Å². The highest BCUT2D eigenvalue weighted by atomic mass is 16.5. The fourth-order valence-corrected chi connectivity index (χ4v) is 4.86. The minimum atomic E-state index is -0.238. The third kappa shape index (κ3) is 4.47. The molecule has 2 heterocycles. The summed E-state index contributed by atoms with van der Waals surface area (Å²) in [4.78, 5) is 32.5. The molecule has 3 aromatic carbocycles. The zero-order valence-corrected chi connectivity index (χ0v) is 20.1. The maximum absolute atomic E-state index is 13.4. The summed E-state index contributed by atoms with van der Waals surface area (Å²) in [6.07, 6.45) is 0. The minimum absolute atomic E-state index is 0.229. The minimum Gasteiger partial charge on any atom is -0.497 e. The molecule has 0 radical (unpaired) electrons. The molecule has 0 atom stereocenters. The highest BCUT2D eigenvalue weighted by molar-refractivity contribution is 6.23. The summed E-state index contributed by atoms with van der Waals surface area (Å²) >= 11 is 0. The zero-order chi connectivity index (χ0) is 24.4. The Labute approximate surface area is 205 Å². The Balaban J connectivity index is 1.29. The molecule has 0 saturated carbocycles. The fourth-order valence-electron chi connectivity index (χ4n) is 4.86. The van der Waals surface area contributed by atoms with E-state index in [1.165, 1.54) is 10.5 Å². The van der Waals surface area contributed by atoms with Gasteiger partial charge in [0.1, 0.15) is 11.5 Å². The van der Waals surface area contributed by atoms with Gasteiger partial charge in [0.15, 0.2) is 0 Å². The van der Waals surface area contributed by atoms with E-state index >= 15 is 0 Å². The van der Waals surface area contributed by atoms with Gasteiger partial charge in [-0.1, -0.05) is 36.4 Å². The van der Waals surface area contributed by atoms with Crippen molar-refractivity contribution in [2.24, 2.45) is 0 Å². The van der Waals surface area contributed by atoms with Crippen molar-refractivity contribution in [2.75, 3.05) is 45.3 Å². The van der Waals surface area contributed by atoms with Crippen LogP contribution in [0.1, 0.15) is 31.8 Å². The van der Waals surface area contributed by atoms with Crippen molar-refractivity contribution in [1.29, 1.82) is 0 Å². The lowest BCUT2D eigenvalue weighted by Crippen LogP contribution is -2.46. The first-order chi connectivity index (χ1) is 17.1. The predicted octanol–water partition coefficient (Wildman–Crippen LogP) is 3.82. The summed E-state index contributed by atoms with van der Waals surface area (Å²) in [5, 5.41) is 0. The van der Waals surface area contributed by atoms with E-state index in [2.05, 4.69) is 15.9 Å². The molecule has 0 unspecified atom stereocenters. The Kier molecular flexibility index (Phi) is 6.42. The number of piperazine rings is 1. The van der Waals surface area contributed by atoms with Crippen LogP contribution in [0, 0.1) is 0 Å². The molecule has 0 spiro atoms. The van der Waals surface area contributed by atoms with E-state index in [-0.39, 0.29) is 18.4 Å². The van der Waals surface area contributed by atoms with Crippen molar-refractivity contribution in [2.45, 2.75) is 13.1 Å². The lowest BCUT2D eigenvalue weighted by atomic mass is 10.1. The summed E-state index contributed by atoms with van der Waals surface area (Å²) < 4.78 is 10.7. The second-order valence-corrected chi connectivity index (χ2v) is 8.82. The van der Waals surface area contributed by atoms with Gasteiger partial charge in [0.2, 0.25) is 0 Å². The van der Waals surface area contributed by atoms with Crippen LogP contribution in [0.5, 0.6) is 11.5 Å². The van der Waals surface area contributed by atoms with Crippen LogP contribution in [0.15, 0.2) is 66.7 Å². The molecule has 0 aromatic heterocycles. The SMILES string of the molecule is COc1ccc(CN2C(=O)c3cccc(N4CCN(Cc5ccccc5OC)CC4)c3C2=O)cc1. The van der Waals surface area contributed by atoms with Crippen molar-refractivity contribution < 1.29 is 19.1 Å². The average molecular weight is 472 g/mol. The van der Waals surface area contributed by atoms with Gasteiger partial charge in [0, 0.05) is 38.3 Å². The van der Waals surface area contributed by atoms with E-state index in [4.69, 9.17) is 9.47 Å². The quantitative estimate of drug-likeness (QED) is 0.488. The summed E-state index contributed by atoms with van der Waals surface area (Å²) in [7, 11) is 3.31. The molecule has 0 N–H and O–H groups in total. The molecule has 0 bridgehead atoms. The molecule has 35 heavy (non-hydrogen) atoms. The topological polar surface area (TPSA) is 62.3 Å². The molecule has 3 aromatic rings. The second-order valence-electron chi connectivity index (χ2n) is 8.82. The maximum Gasteiger partial charge on any atom is 0.263 e. The number of imide groups is 1. The maximum atomic E-state index is 13.4. The Bertz CT molecular complexity index is 1230. The molecular weight excluding hydrogens is 442 g/mol. The number of para-hydroxylation sites is 1. The molecule has 180 valence electrons. The Hall–Kier alpha value is -3.84. The Morgan fingerprint density at radius 3 is 2.20 bits per heavy atom. The van der Waals surface area contributed by atoms with Gasteiger partial charge in [-0.15, -0.1) is 0 Å². The molecule has 7 heteroatoms. The van der Waals surface area contributed by atoms with Gasteiger partial charge >= 0.3 is 0 Å². The van der Waals surface area contributed by atoms with E-state index in [0.717, 1.165) is 55.5 Å². The number of nitrogens with zero attached hydrogens (tertiary/aromatic N) is 3. The standard InChI is InChI=1S/C28H29N3O4/c1-34-22-12-10-20(11-13-22)18-31-27(32)23-7-5-8-24(26(23)28(31)33)30-16-14-29(15-17-30)19-21-6-3-4-9-25(21)35-2/h3-13H,14-19H2,1-2H3. The fraction of sp³-hybridized carbons (Fsp3) is 0.286. The van der Waals surface area contributed by atoms with E-state index in [9.17, 15) is 9.59 Å². The number of fused-ring (bicyclic) bond motifs is 1. The van der Waals surface area contributed by atoms with Crippen molar-refractivity contribution in [3.8, 4) is 11.5 Å². The van der Waals surface area contributed by atoms with Crippen LogP contribution >= 0.6 is 0 Å². The smallest absolute Gasteiger partial charge is 0.263 e. The Morgan fingerprint density at radius 2 is 1.49 bits per heavy atom. The van der Waals surface area contributed by atoms with E-state index in [1.54, 1.807) is 20.3 Å². The number of amides is 2. The van der Waals surface area contributed by atoms with Gasteiger partial charge < -0.3 is 14.4 Å². The Morgan fingerprint density at radius 1 is 0.743 bits per heavy atom. The molecule has 1 fully saturated rings.